The lowest BCUT2D eigenvalue weighted by atomic mass is 9.92. The highest BCUT2D eigenvalue weighted by molar-refractivity contribution is 6.00. The van der Waals surface area contributed by atoms with Crippen molar-refractivity contribution in [3.63, 3.8) is 0 Å². The number of rotatable bonds is 3. The Balaban J connectivity index is 2.59. The average Bonchev–Trinajstić information content (AvgIpc) is 2.75. The molecule has 0 fully saturated rings. The molecule has 3 nitrogen and oxygen atoms in total. The van der Waals surface area contributed by atoms with Crippen molar-refractivity contribution in [1.82, 2.24) is 0 Å². The lowest BCUT2D eigenvalue weighted by Crippen LogP contribution is -2.11. The van der Waals surface area contributed by atoms with Gasteiger partial charge in [0, 0.05) is 18.0 Å². The molecule has 0 heterocycles. The number of nitrogens with two attached hydrogens (primary N) is 1. The predicted molar refractivity (Wildman–Crippen MR) is 67.2 cm³/mol. The molecule has 0 amide bonds. The Kier molecular flexibility index (Phi) is 3.20. The summed E-state index contributed by atoms with van der Waals surface area (Å²) in [4.78, 5) is 12.0. The second-order valence-corrected chi connectivity index (χ2v) is 4.97. The van der Waals surface area contributed by atoms with E-state index in [1.54, 1.807) is 0 Å². The molecule has 1 aromatic carbocycles. The van der Waals surface area contributed by atoms with E-state index in [2.05, 4.69) is 0 Å². The maximum absolute atomic E-state index is 12.0. The van der Waals surface area contributed by atoms with Gasteiger partial charge < -0.3 is 10.8 Å². The van der Waals surface area contributed by atoms with E-state index in [1.165, 1.54) is 5.56 Å². The van der Waals surface area contributed by atoms with Crippen LogP contribution < -0.4 is 5.73 Å². The maximum atomic E-state index is 12.0. The molecule has 1 aliphatic carbocycles. The summed E-state index contributed by atoms with van der Waals surface area (Å²) in [6.45, 7) is 3.99. The van der Waals surface area contributed by atoms with E-state index in [9.17, 15) is 9.90 Å². The molecule has 0 saturated heterocycles. The number of Topliss-reactive ketones (excluding diaryl/α,β-unsaturated/α-hetero) is 1. The first kappa shape index (κ1) is 12.1. The SMILES string of the molecule is CC(C)C(=O)c1cc2c(c(CN)c1O)CCC2. The summed E-state index contributed by atoms with van der Waals surface area (Å²) < 4.78 is 0. The zero-order valence-corrected chi connectivity index (χ0v) is 10.4. The second kappa shape index (κ2) is 4.49. The first-order valence-corrected chi connectivity index (χ1v) is 6.17. The van der Waals surface area contributed by atoms with Gasteiger partial charge in [-0.15, -0.1) is 0 Å². The fraction of sp³-hybridized carbons (Fsp3) is 0.500. The molecule has 1 aliphatic rings. The number of hydrogen-bond acceptors (Lipinski definition) is 3. The van der Waals surface area contributed by atoms with Gasteiger partial charge in [0.2, 0.25) is 0 Å². The summed E-state index contributed by atoms with van der Waals surface area (Å²) in [5, 5.41) is 10.2. The molecular formula is C14H19NO2. The van der Waals surface area contributed by atoms with Crippen molar-refractivity contribution in [3.05, 3.63) is 28.3 Å². The molecule has 0 radical (unpaired) electrons. The van der Waals surface area contributed by atoms with E-state index in [-0.39, 0.29) is 17.5 Å². The zero-order chi connectivity index (χ0) is 12.6. The number of hydrogen-bond donors (Lipinski definition) is 2. The van der Waals surface area contributed by atoms with Crippen molar-refractivity contribution in [3.8, 4) is 5.75 Å². The van der Waals surface area contributed by atoms with E-state index in [0.29, 0.717) is 12.1 Å². The minimum atomic E-state index is -0.106. The minimum Gasteiger partial charge on any atom is -0.507 e. The summed E-state index contributed by atoms with van der Waals surface area (Å²) in [7, 11) is 0. The van der Waals surface area contributed by atoms with Gasteiger partial charge in [-0.05, 0) is 36.5 Å². The van der Waals surface area contributed by atoms with Crippen LogP contribution in [0.3, 0.4) is 0 Å². The van der Waals surface area contributed by atoms with E-state index < -0.39 is 0 Å². The first-order chi connectivity index (χ1) is 8.06. The Morgan fingerprint density at radius 3 is 2.76 bits per heavy atom. The summed E-state index contributed by atoms with van der Waals surface area (Å²) in [5.74, 6) is -0.00951. The van der Waals surface area contributed by atoms with Crippen molar-refractivity contribution in [2.45, 2.75) is 39.7 Å². The smallest absolute Gasteiger partial charge is 0.169 e. The molecule has 0 saturated carbocycles. The molecule has 0 aliphatic heterocycles. The number of ketones is 1. The van der Waals surface area contributed by atoms with Crippen molar-refractivity contribution in [1.29, 1.82) is 0 Å². The number of carbonyl (C=O) groups is 1. The average molecular weight is 233 g/mol. The summed E-state index contributed by atoms with van der Waals surface area (Å²) in [5.41, 5.74) is 9.26. The van der Waals surface area contributed by atoms with E-state index in [4.69, 9.17) is 5.73 Å². The van der Waals surface area contributed by atoms with Crippen LogP contribution in [0, 0.1) is 5.92 Å². The number of aryl methyl sites for hydroxylation is 1. The molecule has 3 heteroatoms. The van der Waals surface area contributed by atoms with Gasteiger partial charge in [-0.1, -0.05) is 13.8 Å². The molecule has 1 aromatic rings. The number of phenolic OH excluding ortho intramolecular Hbond substituents is 1. The number of phenols is 1. The Morgan fingerprint density at radius 1 is 1.47 bits per heavy atom. The second-order valence-electron chi connectivity index (χ2n) is 4.97. The van der Waals surface area contributed by atoms with Crippen molar-refractivity contribution < 1.29 is 9.90 Å². The highest BCUT2D eigenvalue weighted by Crippen LogP contribution is 2.35. The lowest BCUT2D eigenvalue weighted by Gasteiger charge is -2.14. The Hall–Kier alpha value is -1.35. The van der Waals surface area contributed by atoms with Gasteiger partial charge in [0.15, 0.2) is 5.78 Å². The first-order valence-electron chi connectivity index (χ1n) is 6.17. The molecule has 17 heavy (non-hydrogen) atoms. The van der Waals surface area contributed by atoms with Gasteiger partial charge in [-0.2, -0.15) is 0 Å². The van der Waals surface area contributed by atoms with Crippen LogP contribution in [0.5, 0.6) is 5.75 Å². The molecule has 0 atom stereocenters. The standard InChI is InChI=1S/C14H19NO2/c1-8(2)13(16)11-6-9-4-3-5-10(9)12(7-15)14(11)17/h6,8,17H,3-5,7,15H2,1-2H3. The number of benzene rings is 1. The van der Waals surface area contributed by atoms with Gasteiger partial charge in [-0.3, -0.25) is 4.79 Å². The molecular weight excluding hydrogens is 214 g/mol. The number of carbonyl (C=O) groups excluding carboxylic acids is 1. The van der Waals surface area contributed by atoms with Crippen LogP contribution in [0.2, 0.25) is 0 Å². The Bertz CT molecular complexity index is 464. The summed E-state index contributed by atoms with van der Waals surface area (Å²) in [6.07, 6.45) is 3.04. The highest BCUT2D eigenvalue weighted by Gasteiger charge is 2.24. The summed E-state index contributed by atoms with van der Waals surface area (Å²) in [6, 6.07) is 1.86. The third kappa shape index (κ3) is 1.95. The molecule has 0 unspecified atom stereocenters. The van der Waals surface area contributed by atoms with Crippen LogP contribution in [-0.4, -0.2) is 10.9 Å². The fourth-order valence-corrected chi connectivity index (χ4v) is 2.54. The molecule has 0 aromatic heterocycles. The molecule has 2 rings (SSSR count). The van der Waals surface area contributed by atoms with Crippen molar-refractivity contribution in [2.24, 2.45) is 11.7 Å². The topological polar surface area (TPSA) is 63.3 Å². The molecule has 0 spiro atoms. The fourth-order valence-electron chi connectivity index (χ4n) is 2.54. The van der Waals surface area contributed by atoms with E-state index in [0.717, 1.165) is 30.4 Å². The highest BCUT2D eigenvalue weighted by atomic mass is 16.3. The van der Waals surface area contributed by atoms with Crippen LogP contribution in [0.25, 0.3) is 0 Å². The van der Waals surface area contributed by atoms with Crippen LogP contribution in [0.4, 0.5) is 0 Å². The zero-order valence-electron chi connectivity index (χ0n) is 10.4. The maximum Gasteiger partial charge on any atom is 0.169 e. The largest absolute Gasteiger partial charge is 0.507 e. The number of fused-ring (bicyclic) bond motifs is 1. The monoisotopic (exact) mass is 233 g/mol. The third-order valence-electron chi connectivity index (χ3n) is 3.48. The Morgan fingerprint density at radius 2 is 2.18 bits per heavy atom. The van der Waals surface area contributed by atoms with Gasteiger partial charge in [0.05, 0.1) is 5.56 Å². The Labute approximate surface area is 102 Å². The lowest BCUT2D eigenvalue weighted by molar-refractivity contribution is 0.0936. The quantitative estimate of drug-likeness (QED) is 0.786. The van der Waals surface area contributed by atoms with Crippen molar-refractivity contribution in [2.75, 3.05) is 0 Å². The van der Waals surface area contributed by atoms with Crippen LogP contribution in [0.15, 0.2) is 6.07 Å². The van der Waals surface area contributed by atoms with Crippen LogP contribution in [-0.2, 0) is 19.4 Å². The molecule has 3 N–H and O–H groups in total. The molecule has 92 valence electrons. The number of aromatic hydroxyl groups is 1. The van der Waals surface area contributed by atoms with E-state index >= 15 is 0 Å². The van der Waals surface area contributed by atoms with Gasteiger partial charge in [0.1, 0.15) is 5.75 Å². The molecule has 0 bridgehead atoms. The minimum absolute atomic E-state index is 0.00750. The predicted octanol–water partition coefficient (Wildman–Crippen LogP) is 2.18. The van der Waals surface area contributed by atoms with Crippen molar-refractivity contribution >= 4 is 5.78 Å². The van der Waals surface area contributed by atoms with Gasteiger partial charge in [-0.25, -0.2) is 0 Å². The summed E-state index contributed by atoms with van der Waals surface area (Å²) >= 11 is 0. The van der Waals surface area contributed by atoms with Gasteiger partial charge in [0.25, 0.3) is 0 Å². The van der Waals surface area contributed by atoms with Crippen LogP contribution in [0.1, 0.15) is 47.3 Å². The van der Waals surface area contributed by atoms with Gasteiger partial charge >= 0.3 is 0 Å². The van der Waals surface area contributed by atoms with E-state index in [1.807, 2.05) is 19.9 Å². The third-order valence-corrected chi connectivity index (χ3v) is 3.48. The normalized spacial score (nSPS) is 14.1. The van der Waals surface area contributed by atoms with Crippen LogP contribution >= 0.6 is 0 Å².